The molecule has 22 heavy (non-hydrogen) atoms. The third-order valence-electron chi connectivity index (χ3n) is 4.28. The summed E-state index contributed by atoms with van der Waals surface area (Å²) in [4.78, 5) is 14.8. The van der Waals surface area contributed by atoms with Crippen LogP contribution in [0.25, 0.3) is 0 Å². The molecule has 0 bridgehead atoms. The van der Waals surface area contributed by atoms with Crippen molar-refractivity contribution in [1.82, 2.24) is 0 Å². The van der Waals surface area contributed by atoms with Gasteiger partial charge in [-0.2, -0.15) is 0 Å². The van der Waals surface area contributed by atoms with Crippen molar-refractivity contribution in [2.45, 2.75) is 32.7 Å². The summed E-state index contributed by atoms with van der Waals surface area (Å²) in [7, 11) is 0. The molecule has 3 rings (SSSR count). The molecule has 1 unspecified atom stereocenters. The van der Waals surface area contributed by atoms with E-state index in [-0.39, 0.29) is 11.9 Å². The molecule has 2 aromatic rings. The van der Waals surface area contributed by atoms with E-state index < -0.39 is 0 Å². The molecular weight excluding hydrogens is 272 g/mol. The zero-order valence-electron chi connectivity index (χ0n) is 13.2. The van der Waals surface area contributed by atoms with Crippen molar-refractivity contribution in [2.24, 2.45) is 0 Å². The van der Waals surface area contributed by atoms with E-state index in [0.29, 0.717) is 0 Å². The van der Waals surface area contributed by atoms with Crippen molar-refractivity contribution in [2.75, 3.05) is 16.8 Å². The minimum Gasteiger partial charge on any atom is -0.360 e. The van der Waals surface area contributed by atoms with Gasteiger partial charge in [0.15, 0.2) is 0 Å². The molecule has 1 N–H and O–H groups in total. The lowest BCUT2D eigenvalue weighted by Crippen LogP contribution is -2.44. The zero-order chi connectivity index (χ0) is 15.5. The topological polar surface area (TPSA) is 32.3 Å². The van der Waals surface area contributed by atoms with Crippen LogP contribution >= 0.6 is 0 Å². The molecule has 2 aromatic carbocycles. The maximum Gasteiger partial charge on any atom is 0.246 e. The van der Waals surface area contributed by atoms with Gasteiger partial charge in [0.25, 0.3) is 0 Å². The fourth-order valence-corrected chi connectivity index (χ4v) is 3.08. The van der Waals surface area contributed by atoms with Gasteiger partial charge in [0, 0.05) is 17.9 Å². The van der Waals surface area contributed by atoms with Crippen LogP contribution in [-0.2, 0) is 11.2 Å². The average Bonchev–Trinajstić information content (AvgIpc) is 2.53. The number of carbonyl (C=O) groups excluding carboxylic acids is 1. The van der Waals surface area contributed by atoms with E-state index in [1.54, 1.807) is 0 Å². The van der Waals surface area contributed by atoms with Crippen LogP contribution in [0.5, 0.6) is 0 Å². The number of aryl methyl sites for hydroxylation is 2. The molecule has 0 saturated carbocycles. The minimum atomic E-state index is -0.179. The van der Waals surface area contributed by atoms with Gasteiger partial charge in [-0.05, 0) is 56.0 Å². The van der Waals surface area contributed by atoms with Gasteiger partial charge in [-0.3, -0.25) is 4.79 Å². The first-order valence-electron chi connectivity index (χ1n) is 7.87. The van der Waals surface area contributed by atoms with Crippen LogP contribution in [0.2, 0.25) is 0 Å². The Morgan fingerprint density at radius 2 is 2.00 bits per heavy atom. The molecule has 1 amide bonds. The largest absolute Gasteiger partial charge is 0.360 e. The molecule has 1 heterocycles. The van der Waals surface area contributed by atoms with Gasteiger partial charge >= 0.3 is 0 Å². The summed E-state index contributed by atoms with van der Waals surface area (Å²) in [5.41, 5.74) is 4.54. The summed E-state index contributed by atoms with van der Waals surface area (Å²) in [6.45, 7) is 4.94. The number of nitrogens with zero attached hydrogens (tertiary/aromatic N) is 1. The molecule has 0 saturated heterocycles. The lowest BCUT2D eigenvalue weighted by molar-refractivity contribution is -0.117. The monoisotopic (exact) mass is 294 g/mol. The standard InChI is InChI=1S/C19H22N2O/c1-14-7-5-10-17(13-14)20-19(22)15(2)21-12-6-9-16-8-3-4-11-18(16)21/h3-5,7-8,10-11,13,15H,6,9,12H2,1-2H3,(H,20,22). The van der Waals surface area contributed by atoms with E-state index in [1.165, 1.54) is 11.3 Å². The van der Waals surface area contributed by atoms with Crippen LogP contribution in [0, 0.1) is 6.92 Å². The fraction of sp³-hybridized carbons (Fsp3) is 0.316. The van der Waals surface area contributed by atoms with Crippen molar-refractivity contribution in [3.63, 3.8) is 0 Å². The van der Waals surface area contributed by atoms with Crippen molar-refractivity contribution >= 4 is 17.3 Å². The van der Waals surface area contributed by atoms with Crippen LogP contribution in [0.15, 0.2) is 48.5 Å². The Morgan fingerprint density at radius 1 is 1.18 bits per heavy atom. The van der Waals surface area contributed by atoms with Crippen LogP contribution in [-0.4, -0.2) is 18.5 Å². The number of hydrogen-bond donors (Lipinski definition) is 1. The van der Waals surface area contributed by atoms with Crippen molar-refractivity contribution < 1.29 is 4.79 Å². The quantitative estimate of drug-likeness (QED) is 0.934. The number of rotatable bonds is 3. The second-order valence-electron chi connectivity index (χ2n) is 5.96. The first-order chi connectivity index (χ1) is 10.6. The predicted octanol–water partition coefficient (Wildman–Crippen LogP) is 3.77. The Balaban J connectivity index is 1.77. The predicted molar refractivity (Wildman–Crippen MR) is 91.4 cm³/mol. The van der Waals surface area contributed by atoms with Crippen LogP contribution in [0.4, 0.5) is 11.4 Å². The number of benzene rings is 2. The Bertz CT molecular complexity index is 681. The molecule has 114 valence electrons. The van der Waals surface area contributed by atoms with Gasteiger partial charge in [0.05, 0.1) is 0 Å². The number of amides is 1. The smallest absolute Gasteiger partial charge is 0.246 e. The molecule has 0 aliphatic carbocycles. The lowest BCUT2D eigenvalue weighted by atomic mass is 10.00. The Labute approximate surface area is 132 Å². The third kappa shape index (κ3) is 2.98. The van der Waals surface area contributed by atoms with Gasteiger partial charge in [-0.1, -0.05) is 30.3 Å². The second kappa shape index (κ2) is 6.22. The summed E-state index contributed by atoms with van der Waals surface area (Å²) in [5.74, 6) is 0.0438. The first kappa shape index (κ1) is 14.6. The molecule has 1 atom stereocenters. The molecule has 0 radical (unpaired) electrons. The van der Waals surface area contributed by atoms with E-state index >= 15 is 0 Å². The highest BCUT2D eigenvalue weighted by Gasteiger charge is 2.25. The minimum absolute atomic E-state index is 0.0438. The van der Waals surface area contributed by atoms with Gasteiger partial charge < -0.3 is 10.2 Å². The molecule has 1 aliphatic rings. The maximum absolute atomic E-state index is 12.6. The maximum atomic E-state index is 12.6. The highest BCUT2D eigenvalue weighted by Crippen LogP contribution is 2.28. The average molecular weight is 294 g/mol. The molecule has 0 aromatic heterocycles. The fourth-order valence-electron chi connectivity index (χ4n) is 3.08. The third-order valence-corrected chi connectivity index (χ3v) is 4.28. The van der Waals surface area contributed by atoms with E-state index in [4.69, 9.17) is 0 Å². The SMILES string of the molecule is Cc1cccc(NC(=O)C(C)N2CCCc3ccccc32)c1. The number of carbonyl (C=O) groups is 1. The van der Waals surface area contributed by atoms with Gasteiger partial charge in [0.1, 0.15) is 6.04 Å². The summed E-state index contributed by atoms with van der Waals surface area (Å²) in [6, 6.07) is 16.1. The number of para-hydroxylation sites is 1. The molecular formula is C19H22N2O. The lowest BCUT2D eigenvalue weighted by Gasteiger charge is -2.35. The number of nitrogens with one attached hydrogen (secondary N) is 1. The molecule has 3 nitrogen and oxygen atoms in total. The van der Waals surface area contributed by atoms with Crippen LogP contribution in [0.3, 0.4) is 0 Å². The second-order valence-corrected chi connectivity index (χ2v) is 5.96. The summed E-state index contributed by atoms with van der Waals surface area (Å²) < 4.78 is 0. The zero-order valence-corrected chi connectivity index (χ0v) is 13.2. The van der Waals surface area contributed by atoms with E-state index in [1.807, 2.05) is 44.2 Å². The summed E-state index contributed by atoms with van der Waals surface area (Å²) in [5, 5.41) is 3.03. The van der Waals surface area contributed by atoms with Gasteiger partial charge in [0.2, 0.25) is 5.91 Å². The van der Waals surface area contributed by atoms with Crippen molar-refractivity contribution in [3.05, 3.63) is 59.7 Å². The van der Waals surface area contributed by atoms with E-state index in [9.17, 15) is 4.79 Å². The van der Waals surface area contributed by atoms with E-state index in [2.05, 4.69) is 28.4 Å². The van der Waals surface area contributed by atoms with Crippen LogP contribution in [0.1, 0.15) is 24.5 Å². The molecule has 0 fully saturated rings. The number of hydrogen-bond acceptors (Lipinski definition) is 2. The number of fused-ring (bicyclic) bond motifs is 1. The summed E-state index contributed by atoms with van der Waals surface area (Å²) in [6.07, 6.45) is 2.19. The van der Waals surface area contributed by atoms with Crippen molar-refractivity contribution in [1.29, 1.82) is 0 Å². The van der Waals surface area contributed by atoms with Crippen molar-refractivity contribution in [3.8, 4) is 0 Å². The van der Waals surface area contributed by atoms with Gasteiger partial charge in [-0.25, -0.2) is 0 Å². The highest BCUT2D eigenvalue weighted by atomic mass is 16.2. The Hall–Kier alpha value is -2.29. The molecule has 0 spiro atoms. The Kier molecular flexibility index (Phi) is 4.14. The number of anilines is 2. The molecule has 1 aliphatic heterocycles. The summed E-state index contributed by atoms with van der Waals surface area (Å²) >= 11 is 0. The van der Waals surface area contributed by atoms with Gasteiger partial charge in [-0.15, -0.1) is 0 Å². The van der Waals surface area contributed by atoms with Crippen LogP contribution < -0.4 is 10.2 Å². The molecule has 3 heteroatoms. The Morgan fingerprint density at radius 3 is 2.82 bits per heavy atom. The normalized spacial score (nSPS) is 15.1. The first-order valence-corrected chi connectivity index (χ1v) is 7.87. The van der Waals surface area contributed by atoms with E-state index in [0.717, 1.165) is 30.6 Å². The highest BCUT2D eigenvalue weighted by molar-refractivity contribution is 5.96.